The van der Waals surface area contributed by atoms with Crippen molar-refractivity contribution in [3.05, 3.63) is 16.6 Å². The summed E-state index contributed by atoms with van der Waals surface area (Å²) in [5.74, 6) is 0.0392. The Bertz CT molecular complexity index is 441. The summed E-state index contributed by atoms with van der Waals surface area (Å²) in [4.78, 5) is 18.1. The minimum Gasteiger partial charge on any atom is -0.379 e. The SMILES string of the molecule is CO[C@@H]1COC2(CCN(C(=O)c3cscn3)CC2)C1. The Balaban J connectivity index is 1.59. The molecule has 3 rings (SSSR count). The maximum absolute atomic E-state index is 12.2. The van der Waals surface area contributed by atoms with Crippen molar-refractivity contribution in [2.75, 3.05) is 26.8 Å². The topological polar surface area (TPSA) is 51.7 Å². The lowest BCUT2D eigenvalue weighted by molar-refractivity contribution is -0.0402. The van der Waals surface area contributed by atoms with Crippen molar-refractivity contribution < 1.29 is 14.3 Å². The van der Waals surface area contributed by atoms with E-state index in [1.54, 1.807) is 18.0 Å². The van der Waals surface area contributed by atoms with Crippen LogP contribution in [0.2, 0.25) is 0 Å². The molecule has 3 heterocycles. The van der Waals surface area contributed by atoms with E-state index in [0.717, 1.165) is 32.4 Å². The molecule has 1 atom stereocenters. The summed E-state index contributed by atoms with van der Waals surface area (Å²) in [5.41, 5.74) is 2.18. The van der Waals surface area contributed by atoms with Crippen LogP contribution in [0, 0.1) is 0 Å². The van der Waals surface area contributed by atoms with Crippen LogP contribution in [0.5, 0.6) is 0 Å². The number of nitrogens with zero attached hydrogens (tertiary/aromatic N) is 2. The number of ether oxygens (including phenoxy) is 2. The van der Waals surface area contributed by atoms with Gasteiger partial charge in [0.05, 0.1) is 23.8 Å². The molecule has 0 bridgehead atoms. The number of thiazole rings is 1. The van der Waals surface area contributed by atoms with Gasteiger partial charge in [0.15, 0.2) is 0 Å². The minimum atomic E-state index is -0.0699. The number of aromatic nitrogens is 1. The first-order chi connectivity index (χ1) is 9.22. The van der Waals surface area contributed by atoms with E-state index in [0.29, 0.717) is 12.3 Å². The molecule has 1 spiro atoms. The van der Waals surface area contributed by atoms with Gasteiger partial charge in [-0.1, -0.05) is 0 Å². The summed E-state index contributed by atoms with van der Waals surface area (Å²) in [7, 11) is 1.73. The van der Waals surface area contributed by atoms with Crippen molar-refractivity contribution in [3.63, 3.8) is 0 Å². The molecule has 0 aromatic carbocycles. The fourth-order valence-electron chi connectivity index (χ4n) is 2.90. The molecule has 19 heavy (non-hydrogen) atoms. The van der Waals surface area contributed by atoms with Crippen LogP contribution in [0.1, 0.15) is 29.8 Å². The molecule has 1 amide bonds. The summed E-state index contributed by atoms with van der Waals surface area (Å²) < 4.78 is 11.3. The normalized spacial score (nSPS) is 25.9. The van der Waals surface area contributed by atoms with Gasteiger partial charge in [0.1, 0.15) is 5.69 Å². The molecule has 2 fully saturated rings. The minimum absolute atomic E-state index is 0.0392. The smallest absolute Gasteiger partial charge is 0.273 e. The van der Waals surface area contributed by atoms with E-state index < -0.39 is 0 Å². The van der Waals surface area contributed by atoms with Crippen LogP contribution in [0.15, 0.2) is 10.9 Å². The maximum atomic E-state index is 12.2. The van der Waals surface area contributed by atoms with Crippen LogP contribution in [0.3, 0.4) is 0 Å². The molecular weight excluding hydrogens is 264 g/mol. The van der Waals surface area contributed by atoms with E-state index in [4.69, 9.17) is 9.47 Å². The highest BCUT2D eigenvalue weighted by Gasteiger charge is 2.43. The van der Waals surface area contributed by atoms with Crippen molar-refractivity contribution >= 4 is 17.2 Å². The predicted molar refractivity (Wildman–Crippen MR) is 71.3 cm³/mol. The number of methoxy groups -OCH3 is 1. The van der Waals surface area contributed by atoms with Gasteiger partial charge in [-0.15, -0.1) is 11.3 Å². The summed E-state index contributed by atoms with van der Waals surface area (Å²) in [6, 6.07) is 0. The standard InChI is InChI=1S/C13H18N2O3S/c1-17-10-6-13(18-7-10)2-4-15(5-3-13)12(16)11-8-19-9-14-11/h8-10H,2-7H2,1H3/t10-/m0/s1. The highest BCUT2D eigenvalue weighted by molar-refractivity contribution is 7.07. The van der Waals surface area contributed by atoms with Crippen molar-refractivity contribution in [1.82, 2.24) is 9.88 Å². The molecular formula is C13H18N2O3S. The number of carbonyl (C=O) groups excluding carboxylic acids is 1. The largest absolute Gasteiger partial charge is 0.379 e. The van der Waals surface area contributed by atoms with E-state index in [1.165, 1.54) is 11.3 Å². The number of piperidine rings is 1. The molecule has 0 saturated carbocycles. The number of hydrogen-bond acceptors (Lipinski definition) is 5. The first-order valence-electron chi connectivity index (χ1n) is 6.57. The third-order valence-electron chi connectivity index (χ3n) is 4.12. The molecule has 1 aromatic rings. The fraction of sp³-hybridized carbons (Fsp3) is 0.692. The van der Waals surface area contributed by atoms with Gasteiger partial charge in [0.2, 0.25) is 0 Å². The first kappa shape index (κ1) is 13.0. The van der Waals surface area contributed by atoms with Gasteiger partial charge >= 0.3 is 0 Å². The second kappa shape index (κ2) is 5.19. The van der Waals surface area contributed by atoms with Gasteiger partial charge in [-0.3, -0.25) is 4.79 Å². The lowest BCUT2D eigenvalue weighted by Gasteiger charge is -2.38. The second-order valence-electron chi connectivity index (χ2n) is 5.22. The molecule has 0 N–H and O–H groups in total. The van der Waals surface area contributed by atoms with E-state index in [1.807, 2.05) is 4.90 Å². The van der Waals surface area contributed by atoms with Crippen molar-refractivity contribution in [3.8, 4) is 0 Å². The molecule has 0 aliphatic carbocycles. The number of amides is 1. The molecule has 5 nitrogen and oxygen atoms in total. The Morgan fingerprint density at radius 2 is 2.37 bits per heavy atom. The van der Waals surface area contributed by atoms with Gasteiger partial charge in [0, 0.05) is 32.0 Å². The van der Waals surface area contributed by atoms with Gasteiger partial charge in [0.25, 0.3) is 5.91 Å². The van der Waals surface area contributed by atoms with E-state index >= 15 is 0 Å². The van der Waals surface area contributed by atoms with Crippen LogP contribution >= 0.6 is 11.3 Å². The summed E-state index contributed by atoms with van der Waals surface area (Å²) in [6.07, 6.45) is 2.94. The van der Waals surface area contributed by atoms with E-state index in [-0.39, 0.29) is 17.6 Å². The molecule has 2 aliphatic rings. The molecule has 2 saturated heterocycles. The third-order valence-corrected chi connectivity index (χ3v) is 4.71. The van der Waals surface area contributed by atoms with Crippen LogP contribution in [0.25, 0.3) is 0 Å². The highest BCUT2D eigenvalue weighted by atomic mass is 32.1. The summed E-state index contributed by atoms with van der Waals surface area (Å²) in [5, 5.41) is 1.81. The molecule has 6 heteroatoms. The Hall–Kier alpha value is -0.980. The second-order valence-corrected chi connectivity index (χ2v) is 5.94. The van der Waals surface area contributed by atoms with Gasteiger partial charge in [-0.05, 0) is 12.8 Å². The zero-order valence-corrected chi connectivity index (χ0v) is 11.8. The first-order valence-corrected chi connectivity index (χ1v) is 7.51. The number of rotatable bonds is 2. The fourth-order valence-corrected chi connectivity index (χ4v) is 3.43. The zero-order valence-electron chi connectivity index (χ0n) is 11.0. The Morgan fingerprint density at radius 1 is 1.58 bits per heavy atom. The van der Waals surface area contributed by atoms with Crippen molar-refractivity contribution in [2.45, 2.75) is 31.0 Å². The highest BCUT2D eigenvalue weighted by Crippen LogP contribution is 2.37. The maximum Gasteiger partial charge on any atom is 0.273 e. The third kappa shape index (κ3) is 2.52. The molecule has 104 valence electrons. The predicted octanol–water partition coefficient (Wildman–Crippen LogP) is 1.55. The summed E-state index contributed by atoms with van der Waals surface area (Å²) in [6.45, 7) is 2.16. The Kier molecular flexibility index (Phi) is 3.56. The van der Waals surface area contributed by atoms with Crippen molar-refractivity contribution in [2.24, 2.45) is 0 Å². The lowest BCUT2D eigenvalue weighted by atomic mass is 9.88. The lowest BCUT2D eigenvalue weighted by Crippen LogP contribution is -2.46. The van der Waals surface area contributed by atoms with Gasteiger partial charge in [-0.2, -0.15) is 0 Å². The van der Waals surface area contributed by atoms with E-state index in [2.05, 4.69) is 4.98 Å². The Labute approximate surface area is 116 Å². The van der Waals surface area contributed by atoms with Crippen LogP contribution in [-0.2, 0) is 9.47 Å². The quantitative estimate of drug-likeness (QED) is 0.826. The van der Waals surface area contributed by atoms with Crippen LogP contribution < -0.4 is 0 Å². The molecule has 0 unspecified atom stereocenters. The van der Waals surface area contributed by atoms with Crippen LogP contribution in [0.4, 0.5) is 0 Å². The molecule has 2 aliphatic heterocycles. The molecule has 0 radical (unpaired) electrons. The van der Waals surface area contributed by atoms with Crippen molar-refractivity contribution in [1.29, 1.82) is 0 Å². The van der Waals surface area contributed by atoms with Gasteiger partial charge < -0.3 is 14.4 Å². The Morgan fingerprint density at radius 3 is 2.95 bits per heavy atom. The van der Waals surface area contributed by atoms with Gasteiger partial charge in [-0.25, -0.2) is 4.98 Å². The zero-order chi connectivity index (χ0) is 13.3. The summed E-state index contributed by atoms with van der Waals surface area (Å²) >= 11 is 1.45. The average molecular weight is 282 g/mol. The van der Waals surface area contributed by atoms with Crippen LogP contribution in [-0.4, -0.2) is 54.3 Å². The van der Waals surface area contributed by atoms with E-state index in [9.17, 15) is 4.79 Å². The average Bonchev–Trinajstić information content (AvgIpc) is 3.09. The number of carbonyl (C=O) groups is 1. The monoisotopic (exact) mass is 282 g/mol. The number of hydrogen-bond donors (Lipinski definition) is 0. The number of likely N-dealkylation sites (tertiary alicyclic amines) is 1. The molecule has 1 aromatic heterocycles.